The third kappa shape index (κ3) is 2.24. The maximum Gasteiger partial charge on any atom is 0.0739 e. The van der Waals surface area contributed by atoms with E-state index in [0.29, 0.717) is 6.04 Å². The number of ether oxygens (including phenoxy) is 1. The van der Waals surface area contributed by atoms with Gasteiger partial charge in [0.05, 0.1) is 35.1 Å². The Balaban J connectivity index is 2.04. The summed E-state index contributed by atoms with van der Waals surface area (Å²) >= 11 is 3.58. The Morgan fingerprint density at radius 1 is 1.60 bits per heavy atom. The number of hydrogen-bond donors (Lipinski definition) is 1. The zero-order chi connectivity index (χ0) is 10.8. The number of halogens is 1. The van der Waals surface area contributed by atoms with E-state index in [2.05, 4.69) is 33.3 Å². The summed E-state index contributed by atoms with van der Waals surface area (Å²) in [5, 5.41) is 7.90. The third-order valence-corrected chi connectivity index (χ3v) is 3.68. The second-order valence-corrected chi connectivity index (χ2v) is 4.57. The van der Waals surface area contributed by atoms with Gasteiger partial charge in [-0.15, -0.1) is 0 Å². The van der Waals surface area contributed by atoms with Crippen molar-refractivity contribution in [2.75, 3.05) is 13.2 Å². The molecule has 0 aromatic carbocycles. The Labute approximate surface area is 98.1 Å². The lowest BCUT2D eigenvalue weighted by molar-refractivity contribution is -0.00606. The van der Waals surface area contributed by atoms with E-state index in [-0.39, 0.29) is 0 Å². The molecular weight excluding hydrogens is 258 g/mol. The highest BCUT2D eigenvalue weighted by Gasteiger charge is 2.19. The van der Waals surface area contributed by atoms with Gasteiger partial charge in [-0.3, -0.25) is 4.68 Å². The van der Waals surface area contributed by atoms with E-state index < -0.39 is 0 Å². The zero-order valence-electron chi connectivity index (χ0n) is 9.09. The van der Waals surface area contributed by atoms with Gasteiger partial charge in [0.15, 0.2) is 0 Å². The molecule has 0 unspecified atom stereocenters. The predicted octanol–water partition coefficient (Wildman–Crippen LogP) is 1.46. The molecule has 1 aliphatic heterocycles. The molecule has 1 aliphatic rings. The summed E-state index contributed by atoms with van der Waals surface area (Å²) in [5.41, 5.74) is 2.28. The van der Waals surface area contributed by atoms with Crippen molar-refractivity contribution < 1.29 is 4.74 Å². The lowest BCUT2D eigenvalue weighted by Crippen LogP contribution is -2.45. The molecule has 0 radical (unpaired) electrons. The molecule has 1 aromatic rings. The standard InChI is InChI=1S/C10H16BrN3O/c1-3-14-9(10(11)7(2)13-14)4-12-8-5-15-6-8/h8,12H,3-6H2,1-2H3. The average molecular weight is 274 g/mol. The van der Waals surface area contributed by atoms with E-state index in [1.807, 2.05) is 11.6 Å². The Kier molecular flexibility index (Phi) is 3.43. The van der Waals surface area contributed by atoms with Crippen LogP contribution in [0.4, 0.5) is 0 Å². The molecule has 0 spiro atoms. The van der Waals surface area contributed by atoms with Crippen molar-refractivity contribution in [3.8, 4) is 0 Å². The number of nitrogens with zero attached hydrogens (tertiary/aromatic N) is 2. The van der Waals surface area contributed by atoms with Gasteiger partial charge in [-0.05, 0) is 29.8 Å². The normalized spacial score (nSPS) is 16.7. The van der Waals surface area contributed by atoms with Crippen LogP contribution in [-0.4, -0.2) is 29.0 Å². The summed E-state index contributed by atoms with van der Waals surface area (Å²) in [6, 6.07) is 0.511. The van der Waals surface area contributed by atoms with Crippen LogP contribution in [0.3, 0.4) is 0 Å². The smallest absolute Gasteiger partial charge is 0.0739 e. The molecule has 0 aliphatic carbocycles. The molecule has 0 bridgehead atoms. The number of rotatable bonds is 4. The minimum Gasteiger partial charge on any atom is -0.378 e. The predicted molar refractivity (Wildman–Crippen MR) is 61.8 cm³/mol. The molecule has 84 valence electrons. The van der Waals surface area contributed by atoms with E-state index in [0.717, 1.165) is 36.5 Å². The highest BCUT2D eigenvalue weighted by molar-refractivity contribution is 9.10. The van der Waals surface area contributed by atoms with Gasteiger partial charge >= 0.3 is 0 Å². The van der Waals surface area contributed by atoms with Gasteiger partial charge in [0.2, 0.25) is 0 Å². The summed E-state index contributed by atoms with van der Waals surface area (Å²) in [6.45, 7) is 7.54. The molecular formula is C10H16BrN3O. The highest BCUT2D eigenvalue weighted by Crippen LogP contribution is 2.21. The first-order valence-electron chi connectivity index (χ1n) is 5.25. The fraction of sp³-hybridized carbons (Fsp3) is 0.700. The van der Waals surface area contributed by atoms with Crippen molar-refractivity contribution in [3.63, 3.8) is 0 Å². The van der Waals surface area contributed by atoms with E-state index in [4.69, 9.17) is 4.74 Å². The van der Waals surface area contributed by atoms with E-state index in [1.165, 1.54) is 5.69 Å². The second-order valence-electron chi connectivity index (χ2n) is 3.78. The minimum absolute atomic E-state index is 0.511. The first-order chi connectivity index (χ1) is 7.22. The molecule has 15 heavy (non-hydrogen) atoms. The van der Waals surface area contributed by atoms with Crippen LogP contribution >= 0.6 is 15.9 Å². The van der Waals surface area contributed by atoms with Crippen LogP contribution in [-0.2, 0) is 17.8 Å². The molecule has 0 amide bonds. The van der Waals surface area contributed by atoms with Gasteiger partial charge in [0, 0.05) is 13.1 Å². The summed E-state index contributed by atoms with van der Waals surface area (Å²) in [4.78, 5) is 0. The van der Waals surface area contributed by atoms with Crippen LogP contribution in [0, 0.1) is 6.92 Å². The third-order valence-electron chi connectivity index (χ3n) is 2.65. The van der Waals surface area contributed by atoms with Crippen molar-refractivity contribution in [1.29, 1.82) is 0 Å². The van der Waals surface area contributed by atoms with Crippen molar-refractivity contribution in [2.24, 2.45) is 0 Å². The molecule has 1 saturated heterocycles. The van der Waals surface area contributed by atoms with Crippen molar-refractivity contribution in [3.05, 3.63) is 15.9 Å². The number of hydrogen-bond acceptors (Lipinski definition) is 3. The van der Waals surface area contributed by atoms with E-state index >= 15 is 0 Å². The minimum atomic E-state index is 0.511. The van der Waals surface area contributed by atoms with Crippen molar-refractivity contribution in [2.45, 2.75) is 33.0 Å². The zero-order valence-corrected chi connectivity index (χ0v) is 10.7. The first-order valence-corrected chi connectivity index (χ1v) is 6.04. The fourth-order valence-electron chi connectivity index (χ4n) is 1.63. The largest absolute Gasteiger partial charge is 0.378 e. The molecule has 0 atom stereocenters. The molecule has 4 nitrogen and oxygen atoms in total. The number of aromatic nitrogens is 2. The molecule has 1 fully saturated rings. The van der Waals surface area contributed by atoms with Crippen LogP contribution in [0.5, 0.6) is 0 Å². The SMILES string of the molecule is CCn1nc(C)c(Br)c1CNC1COC1. The fourth-order valence-corrected chi connectivity index (χ4v) is 2.06. The van der Waals surface area contributed by atoms with E-state index in [9.17, 15) is 0 Å². The molecule has 0 saturated carbocycles. The number of nitrogens with one attached hydrogen (secondary N) is 1. The van der Waals surface area contributed by atoms with Gasteiger partial charge in [0.25, 0.3) is 0 Å². The summed E-state index contributed by atoms with van der Waals surface area (Å²) in [6.07, 6.45) is 0. The summed E-state index contributed by atoms with van der Waals surface area (Å²) in [7, 11) is 0. The summed E-state index contributed by atoms with van der Waals surface area (Å²) in [5.74, 6) is 0. The van der Waals surface area contributed by atoms with Crippen LogP contribution in [0.25, 0.3) is 0 Å². The lowest BCUT2D eigenvalue weighted by atomic mass is 10.2. The van der Waals surface area contributed by atoms with Gasteiger partial charge in [0.1, 0.15) is 0 Å². The Morgan fingerprint density at radius 2 is 2.33 bits per heavy atom. The van der Waals surface area contributed by atoms with E-state index in [1.54, 1.807) is 0 Å². The van der Waals surface area contributed by atoms with Gasteiger partial charge in [-0.1, -0.05) is 0 Å². The molecule has 2 rings (SSSR count). The average Bonchev–Trinajstić information content (AvgIpc) is 2.42. The second kappa shape index (κ2) is 4.63. The monoisotopic (exact) mass is 273 g/mol. The quantitative estimate of drug-likeness (QED) is 0.903. The molecule has 5 heteroatoms. The molecule has 2 heterocycles. The number of aryl methyl sites for hydroxylation is 2. The van der Waals surface area contributed by atoms with Crippen LogP contribution < -0.4 is 5.32 Å². The van der Waals surface area contributed by atoms with Crippen molar-refractivity contribution >= 4 is 15.9 Å². The Morgan fingerprint density at radius 3 is 2.87 bits per heavy atom. The highest BCUT2D eigenvalue weighted by atomic mass is 79.9. The van der Waals surface area contributed by atoms with Gasteiger partial charge in [-0.25, -0.2) is 0 Å². The molecule has 1 N–H and O–H groups in total. The maximum absolute atomic E-state index is 5.12. The van der Waals surface area contributed by atoms with Gasteiger partial charge < -0.3 is 10.1 Å². The molecule has 1 aromatic heterocycles. The first kappa shape index (κ1) is 11.1. The van der Waals surface area contributed by atoms with Crippen molar-refractivity contribution in [1.82, 2.24) is 15.1 Å². The Hall–Kier alpha value is -0.390. The summed E-state index contributed by atoms with van der Waals surface area (Å²) < 4.78 is 8.27. The topological polar surface area (TPSA) is 39.1 Å². The maximum atomic E-state index is 5.12. The van der Waals surface area contributed by atoms with Crippen LogP contribution in [0.2, 0.25) is 0 Å². The van der Waals surface area contributed by atoms with Gasteiger partial charge in [-0.2, -0.15) is 5.10 Å². The van der Waals surface area contributed by atoms with Crippen LogP contribution in [0.15, 0.2) is 4.47 Å². The van der Waals surface area contributed by atoms with Crippen LogP contribution in [0.1, 0.15) is 18.3 Å². The lowest BCUT2D eigenvalue weighted by Gasteiger charge is -2.27. The Bertz CT molecular complexity index is 347.